The minimum absolute atomic E-state index is 0.105. The number of carbonyl (C=O) groups excluding carboxylic acids is 4. The maximum Gasteiger partial charge on any atom is 0.472 e. The van der Waals surface area contributed by atoms with E-state index in [0.29, 0.717) is 37.5 Å². The molecular weight excluding hydrogens is 1220 g/mol. The van der Waals surface area contributed by atoms with Crippen molar-refractivity contribution in [3.63, 3.8) is 0 Å². The minimum atomic E-state index is -4.95. The zero-order valence-corrected chi connectivity index (χ0v) is 62.7. The lowest BCUT2D eigenvalue weighted by Crippen LogP contribution is -2.30. The molecule has 0 heterocycles. The number of hydrogen-bond acceptors (Lipinski definition) is 15. The number of esters is 4. The molecule has 0 aromatic rings. The Morgan fingerprint density at radius 1 is 0.269 bits per heavy atom. The Bertz CT molecular complexity index is 1830. The molecule has 3 unspecified atom stereocenters. The molecule has 3 N–H and O–H groups in total. The fourth-order valence-electron chi connectivity index (χ4n) is 11.2. The highest BCUT2D eigenvalue weighted by molar-refractivity contribution is 7.47. The summed E-state index contributed by atoms with van der Waals surface area (Å²) < 4.78 is 68.4. The molecule has 0 amide bonds. The minimum Gasteiger partial charge on any atom is -0.462 e. The highest BCUT2D eigenvalue weighted by Crippen LogP contribution is 2.45. The highest BCUT2D eigenvalue weighted by Gasteiger charge is 2.30. The number of rotatable bonds is 71. The molecule has 0 saturated heterocycles. The molecule has 0 bridgehead atoms. The van der Waals surface area contributed by atoms with Crippen LogP contribution in [0.2, 0.25) is 0 Å². The summed E-state index contributed by atoms with van der Waals surface area (Å²) in [6.45, 7) is 14.1. The van der Waals surface area contributed by atoms with Gasteiger partial charge in [-0.15, -0.1) is 0 Å². The number of unbranched alkanes of at least 4 members (excludes halogenated alkanes) is 37. The van der Waals surface area contributed by atoms with E-state index in [1.807, 2.05) is 0 Å². The average Bonchev–Trinajstić information content (AvgIpc) is 1.80. The van der Waals surface area contributed by atoms with Gasteiger partial charge in [0.1, 0.15) is 19.3 Å². The molecule has 0 aliphatic rings. The van der Waals surface area contributed by atoms with Crippen molar-refractivity contribution in [3.05, 3.63) is 0 Å². The normalized spacial score (nSPS) is 14.2. The van der Waals surface area contributed by atoms with Crippen LogP contribution in [0.25, 0.3) is 0 Å². The number of aliphatic hydroxyl groups excluding tert-OH is 1. The van der Waals surface area contributed by atoms with E-state index in [-0.39, 0.29) is 25.7 Å². The van der Waals surface area contributed by atoms with Gasteiger partial charge in [0.25, 0.3) is 0 Å². The lowest BCUT2D eigenvalue weighted by atomic mass is 10.0. The van der Waals surface area contributed by atoms with Gasteiger partial charge in [-0.2, -0.15) is 0 Å². The monoisotopic (exact) mass is 1370 g/mol. The number of aliphatic hydroxyl groups is 1. The first-order chi connectivity index (χ1) is 44.6. The second-order valence-electron chi connectivity index (χ2n) is 28.6. The standard InChI is InChI=1S/C74H144O17P2/c1-64(2)50-42-34-26-21-17-13-11-9-10-12-14-19-23-29-40-48-56-73(78)90-69(60-84-71(76)54-46-38-31-25-28-36-44-52-66(5)6)62-88-92(80,81)86-58-68(75)59-87-93(82,83)89-63-70(61-85-72(77)55-47-39-33-32-37-45-53-67(7)8)91-74(79)57-49-41-30-24-20-16-15-18-22-27-35-43-51-65(3)4/h64-70,75H,9-63H2,1-8H3,(H,80,81)(H,82,83)/t68?,69-,70-/m1/s1. The lowest BCUT2D eigenvalue weighted by molar-refractivity contribution is -0.161. The first-order valence-electron chi connectivity index (χ1n) is 38.2. The zero-order chi connectivity index (χ0) is 68.9. The topological polar surface area (TPSA) is 237 Å². The van der Waals surface area contributed by atoms with Gasteiger partial charge in [0.2, 0.25) is 0 Å². The molecule has 0 fully saturated rings. The second-order valence-corrected chi connectivity index (χ2v) is 31.5. The third-order valence-corrected chi connectivity index (χ3v) is 19.0. The van der Waals surface area contributed by atoms with Gasteiger partial charge < -0.3 is 33.8 Å². The van der Waals surface area contributed by atoms with Gasteiger partial charge in [0, 0.05) is 25.7 Å². The zero-order valence-electron chi connectivity index (χ0n) is 60.9. The van der Waals surface area contributed by atoms with Crippen molar-refractivity contribution in [3.8, 4) is 0 Å². The number of phosphoric acid groups is 2. The molecule has 0 aromatic carbocycles. The van der Waals surface area contributed by atoms with Crippen molar-refractivity contribution < 1.29 is 80.2 Å². The molecule has 0 radical (unpaired) electrons. The molecular formula is C74H144O17P2. The van der Waals surface area contributed by atoms with E-state index in [1.165, 1.54) is 161 Å². The quantitative estimate of drug-likeness (QED) is 0.0222. The summed E-state index contributed by atoms with van der Waals surface area (Å²) in [4.78, 5) is 72.6. The number of phosphoric ester groups is 2. The summed E-state index contributed by atoms with van der Waals surface area (Å²) in [7, 11) is -9.91. The predicted octanol–water partition coefficient (Wildman–Crippen LogP) is 21.3. The van der Waals surface area contributed by atoms with Crippen LogP contribution < -0.4 is 0 Å². The summed E-state index contributed by atoms with van der Waals surface area (Å²) in [6, 6.07) is 0. The van der Waals surface area contributed by atoms with E-state index < -0.39 is 97.5 Å². The molecule has 0 aliphatic carbocycles. The molecule has 0 aromatic heterocycles. The number of ether oxygens (including phenoxy) is 4. The Labute approximate surface area is 568 Å². The number of carbonyl (C=O) groups is 4. The Hall–Kier alpha value is -1.94. The van der Waals surface area contributed by atoms with Gasteiger partial charge >= 0.3 is 39.5 Å². The van der Waals surface area contributed by atoms with E-state index in [4.69, 9.17) is 37.0 Å². The smallest absolute Gasteiger partial charge is 0.462 e. The fraction of sp³-hybridized carbons (Fsp3) is 0.946. The van der Waals surface area contributed by atoms with Crippen LogP contribution in [-0.2, 0) is 65.4 Å². The fourth-order valence-corrected chi connectivity index (χ4v) is 12.8. The summed E-state index contributed by atoms with van der Waals surface area (Å²) in [5.74, 6) is 0.844. The van der Waals surface area contributed by atoms with Gasteiger partial charge in [0.05, 0.1) is 26.4 Å². The van der Waals surface area contributed by atoms with Gasteiger partial charge in [-0.05, 0) is 49.4 Å². The van der Waals surface area contributed by atoms with Gasteiger partial charge in [-0.25, -0.2) is 9.13 Å². The average molecular weight is 1370 g/mol. The first kappa shape index (κ1) is 91.1. The summed E-state index contributed by atoms with van der Waals surface area (Å²) in [5, 5.41) is 10.6. The summed E-state index contributed by atoms with van der Waals surface area (Å²) in [6.07, 6.45) is 47.5. The van der Waals surface area contributed by atoms with Crippen LogP contribution in [0.1, 0.15) is 370 Å². The molecule has 5 atom stereocenters. The Morgan fingerprint density at radius 2 is 0.452 bits per heavy atom. The molecule has 19 heteroatoms. The number of hydrogen-bond donors (Lipinski definition) is 3. The van der Waals surface area contributed by atoms with Crippen LogP contribution in [0.4, 0.5) is 0 Å². The molecule has 17 nitrogen and oxygen atoms in total. The first-order valence-corrected chi connectivity index (χ1v) is 41.2. The summed E-state index contributed by atoms with van der Waals surface area (Å²) in [5.41, 5.74) is 0. The lowest BCUT2D eigenvalue weighted by Gasteiger charge is -2.21. The Morgan fingerprint density at radius 3 is 0.667 bits per heavy atom. The highest BCUT2D eigenvalue weighted by atomic mass is 31.2. The molecule has 0 spiro atoms. The van der Waals surface area contributed by atoms with Crippen LogP contribution in [0.3, 0.4) is 0 Å². The van der Waals surface area contributed by atoms with Crippen molar-refractivity contribution in [2.24, 2.45) is 23.7 Å². The van der Waals surface area contributed by atoms with E-state index in [9.17, 15) is 43.2 Å². The van der Waals surface area contributed by atoms with Gasteiger partial charge in [0.15, 0.2) is 12.2 Å². The van der Waals surface area contributed by atoms with E-state index in [0.717, 1.165) is 115 Å². The maximum atomic E-state index is 13.0. The van der Waals surface area contributed by atoms with Crippen LogP contribution >= 0.6 is 15.6 Å². The van der Waals surface area contributed by atoms with E-state index in [2.05, 4.69) is 55.4 Å². The Kier molecular flexibility index (Phi) is 62.2. The summed E-state index contributed by atoms with van der Waals surface area (Å²) >= 11 is 0. The van der Waals surface area contributed by atoms with Crippen molar-refractivity contribution >= 4 is 39.5 Å². The van der Waals surface area contributed by atoms with Crippen LogP contribution in [0.5, 0.6) is 0 Å². The van der Waals surface area contributed by atoms with E-state index >= 15 is 0 Å². The Balaban J connectivity index is 5.19. The van der Waals surface area contributed by atoms with Gasteiger partial charge in [-0.3, -0.25) is 37.3 Å². The SMILES string of the molecule is CC(C)CCCCCCCCCCCCCCCCCCC(=O)O[C@H](COC(=O)CCCCCCCCCC(C)C)COP(=O)(O)OCC(O)COP(=O)(O)OC[C@@H](COC(=O)CCCCCCCCC(C)C)OC(=O)CCCCCCCCCCCCCCC(C)C. The predicted molar refractivity (Wildman–Crippen MR) is 377 cm³/mol. The molecule has 0 rings (SSSR count). The van der Waals surface area contributed by atoms with Crippen molar-refractivity contribution in [2.45, 2.75) is 388 Å². The van der Waals surface area contributed by atoms with Gasteiger partial charge in [-0.1, -0.05) is 319 Å². The van der Waals surface area contributed by atoms with Crippen LogP contribution in [-0.4, -0.2) is 96.7 Å². The molecule has 552 valence electrons. The molecule has 93 heavy (non-hydrogen) atoms. The molecule has 0 saturated carbocycles. The van der Waals surface area contributed by atoms with Crippen molar-refractivity contribution in [1.29, 1.82) is 0 Å². The van der Waals surface area contributed by atoms with Crippen LogP contribution in [0, 0.1) is 23.7 Å². The van der Waals surface area contributed by atoms with Crippen molar-refractivity contribution in [2.75, 3.05) is 39.6 Å². The third-order valence-electron chi connectivity index (χ3n) is 17.1. The van der Waals surface area contributed by atoms with Crippen LogP contribution in [0.15, 0.2) is 0 Å². The maximum absolute atomic E-state index is 13.0. The molecule has 0 aliphatic heterocycles. The van der Waals surface area contributed by atoms with E-state index in [1.54, 1.807) is 0 Å². The largest absolute Gasteiger partial charge is 0.472 e. The third kappa shape index (κ3) is 68.4. The van der Waals surface area contributed by atoms with Crippen molar-refractivity contribution in [1.82, 2.24) is 0 Å². The second kappa shape index (κ2) is 63.5.